The SMILES string of the molecule is NC(CC(=O)O)C(=O)NCCc1ccccc1C(=O)O. The maximum absolute atomic E-state index is 11.5. The number of rotatable bonds is 7. The lowest BCUT2D eigenvalue weighted by atomic mass is 10.0. The molecule has 1 aromatic carbocycles. The van der Waals surface area contributed by atoms with Crippen molar-refractivity contribution in [3.63, 3.8) is 0 Å². The van der Waals surface area contributed by atoms with Crippen LogP contribution in [0.1, 0.15) is 22.3 Å². The second-order valence-corrected chi connectivity index (χ2v) is 4.21. The summed E-state index contributed by atoms with van der Waals surface area (Å²) in [6, 6.07) is 5.36. The van der Waals surface area contributed by atoms with E-state index in [9.17, 15) is 14.4 Å². The molecule has 1 rings (SSSR count). The highest BCUT2D eigenvalue weighted by molar-refractivity contribution is 5.89. The predicted molar refractivity (Wildman–Crippen MR) is 70.3 cm³/mol. The molecule has 0 bridgehead atoms. The fraction of sp³-hybridized carbons (Fsp3) is 0.308. The number of carboxylic acid groups (broad SMARTS) is 2. The summed E-state index contributed by atoms with van der Waals surface area (Å²) in [5.41, 5.74) is 6.16. The van der Waals surface area contributed by atoms with Crippen molar-refractivity contribution < 1.29 is 24.6 Å². The van der Waals surface area contributed by atoms with Gasteiger partial charge in [-0.15, -0.1) is 0 Å². The largest absolute Gasteiger partial charge is 0.481 e. The van der Waals surface area contributed by atoms with Gasteiger partial charge in [0.15, 0.2) is 0 Å². The van der Waals surface area contributed by atoms with E-state index >= 15 is 0 Å². The Hall–Kier alpha value is -2.41. The number of hydrogen-bond donors (Lipinski definition) is 4. The number of aromatic carboxylic acids is 1. The molecule has 0 fully saturated rings. The van der Waals surface area contributed by atoms with Crippen molar-refractivity contribution in [2.24, 2.45) is 5.73 Å². The van der Waals surface area contributed by atoms with E-state index in [0.717, 1.165) is 0 Å². The number of carbonyl (C=O) groups is 3. The van der Waals surface area contributed by atoms with E-state index in [4.69, 9.17) is 15.9 Å². The van der Waals surface area contributed by atoms with Gasteiger partial charge in [0.2, 0.25) is 5.91 Å². The van der Waals surface area contributed by atoms with Gasteiger partial charge in [0.05, 0.1) is 18.0 Å². The molecule has 1 amide bonds. The van der Waals surface area contributed by atoms with Crippen molar-refractivity contribution in [3.8, 4) is 0 Å². The van der Waals surface area contributed by atoms with E-state index in [1.54, 1.807) is 18.2 Å². The average molecular weight is 280 g/mol. The van der Waals surface area contributed by atoms with Gasteiger partial charge >= 0.3 is 11.9 Å². The lowest BCUT2D eigenvalue weighted by molar-refractivity contribution is -0.139. The molecule has 0 saturated heterocycles. The maximum Gasteiger partial charge on any atom is 0.335 e. The minimum absolute atomic E-state index is 0.177. The third-order valence-corrected chi connectivity index (χ3v) is 2.67. The van der Waals surface area contributed by atoms with Crippen LogP contribution >= 0.6 is 0 Å². The fourth-order valence-corrected chi connectivity index (χ4v) is 1.68. The molecule has 20 heavy (non-hydrogen) atoms. The molecule has 7 nitrogen and oxygen atoms in total. The Labute approximate surface area is 115 Å². The monoisotopic (exact) mass is 280 g/mol. The van der Waals surface area contributed by atoms with Crippen molar-refractivity contribution in [2.75, 3.05) is 6.54 Å². The fourth-order valence-electron chi connectivity index (χ4n) is 1.68. The zero-order valence-electron chi connectivity index (χ0n) is 10.7. The molecule has 1 unspecified atom stereocenters. The molecule has 0 aliphatic heterocycles. The molecular weight excluding hydrogens is 264 g/mol. The van der Waals surface area contributed by atoms with Crippen molar-refractivity contribution in [1.82, 2.24) is 5.32 Å². The zero-order valence-corrected chi connectivity index (χ0v) is 10.7. The maximum atomic E-state index is 11.5. The molecule has 0 spiro atoms. The summed E-state index contributed by atoms with van der Waals surface area (Å²) in [4.78, 5) is 32.9. The van der Waals surface area contributed by atoms with Crippen LogP contribution in [-0.4, -0.2) is 40.6 Å². The Morgan fingerprint density at radius 1 is 1.20 bits per heavy atom. The van der Waals surface area contributed by atoms with Gasteiger partial charge in [-0.1, -0.05) is 18.2 Å². The molecule has 1 aromatic rings. The average Bonchev–Trinajstić information content (AvgIpc) is 2.38. The molecule has 0 aliphatic carbocycles. The number of nitrogens with two attached hydrogens (primary N) is 1. The first kappa shape index (κ1) is 15.6. The van der Waals surface area contributed by atoms with E-state index in [1.807, 2.05) is 0 Å². The van der Waals surface area contributed by atoms with Gasteiger partial charge in [-0.2, -0.15) is 0 Å². The first-order chi connectivity index (χ1) is 9.41. The van der Waals surface area contributed by atoms with Crippen LogP contribution in [-0.2, 0) is 16.0 Å². The lowest BCUT2D eigenvalue weighted by Crippen LogP contribution is -2.42. The third-order valence-electron chi connectivity index (χ3n) is 2.67. The first-order valence-corrected chi connectivity index (χ1v) is 5.98. The molecule has 5 N–H and O–H groups in total. The highest BCUT2D eigenvalue weighted by Gasteiger charge is 2.16. The number of hydrogen-bond acceptors (Lipinski definition) is 4. The summed E-state index contributed by atoms with van der Waals surface area (Å²) in [6.07, 6.45) is -0.119. The van der Waals surface area contributed by atoms with Gasteiger partial charge in [0, 0.05) is 6.54 Å². The lowest BCUT2D eigenvalue weighted by Gasteiger charge is -2.11. The van der Waals surface area contributed by atoms with E-state index in [1.165, 1.54) is 6.07 Å². The minimum Gasteiger partial charge on any atom is -0.481 e. The van der Waals surface area contributed by atoms with Crippen LogP contribution in [0.3, 0.4) is 0 Å². The first-order valence-electron chi connectivity index (χ1n) is 5.98. The standard InChI is InChI=1S/C13H16N2O5/c14-10(7-11(16)17)12(18)15-6-5-8-3-1-2-4-9(8)13(19)20/h1-4,10H,5-7,14H2,(H,15,18)(H,16,17)(H,19,20). The summed E-state index contributed by atoms with van der Waals surface area (Å²) >= 11 is 0. The third kappa shape index (κ3) is 4.69. The Bertz CT molecular complexity index is 515. The van der Waals surface area contributed by atoms with E-state index in [2.05, 4.69) is 5.32 Å². The predicted octanol–water partition coefficient (Wildman–Crippen LogP) is -0.154. The van der Waals surface area contributed by atoms with Gasteiger partial charge in [-0.25, -0.2) is 4.79 Å². The quantitative estimate of drug-likeness (QED) is 0.549. The number of carbonyl (C=O) groups excluding carboxylic acids is 1. The molecule has 0 aromatic heterocycles. The van der Waals surface area contributed by atoms with Crippen LogP contribution in [0.25, 0.3) is 0 Å². The van der Waals surface area contributed by atoms with Crippen LogP contribution in [0.2, 0.25) is 0 Å². The van der Waals surface area contributed by atoms with Crippen LogP contribution in [0.4, 0.5) is 0 Å². The minimum atomic E-state index is -1.15. The smallest absolute Gasteiger partial charge is 0.335 e. The molecule has 0 aliphatic rings. The second kappa shape index (κ2) is 7.25. The van der Waals surface area contributed by atoms with Gasteiger partial charge in [-0.3, -0.25) is 9.59 Å². The van der Waals surface area contributed by atoms with Crippen LogP contribution in [0, 0.1) is 0 Å². The highest BCUT2D eigenvalue weighted by Crippen LogP contribution is 2.08. The van der Waals surface area contributed by atoms with Crippen molar-refractivity contribution in [2.45, 2.75) is 18.9 Å². The van der Waals surface area contributed by atoms with Gasteiger partial charge in [0.1, 0.15) is 0 Å². The van der Waals surface area contributed by atoms with Crippen molar-refractivity contribution in [1.29, 1.82) is 0 Å². The molecule has 7 heteroatoms. The van der Waals surface area contributed by atoms with Crippen LogP contribution in [0.15, 0.2) is 24.3 Å². The van der Waals surface area contributed by atoms with Gasteiger partial charge in [-0.05, 0) is 18.1 Å². The van der Waals surface area contributed by atoms with Crippen LogP contribution in [0.5, 0.6) is 0 Å². The number of benzene rings is 1. The Kier molecular flexibility index (Phi) is 5.67. The Morgan fingerprint density at radius 2 is 1.85 bits per heavy atom. The molecule has 1 atom stereocenters. The van der Waals surface area contributed by atoms with E-state index in [-0.39, 0.29) is 12.1 Å². The van der Waals surface area contributed by atoms with Gasteiger partial charge in [0.25, 0.3) is 0 Å². The normalized spacial score (nSPS) is 11.7. The summed E-state index contributed by atoms with van der Waals surface area (Å²) in [5, 5.41) is 20.0. The number of amides is 1. The summed E-state index contributed by atoms with van der Waals surface area (Å²) < 4.78 is 0. The molecule has 0 heterocycles. The van der Waals surface area contributed by atoms with Crippen LogP contribution < -0.4 is 11.1 Å². The number of aliphatic carboxylic acids is 1. The molecule has 108 valence electrons. The van der Waals surface area contributed by atoms with Crippen molar-refractivity contribution >= 4 is 17.8 Å². The topological polar surface area (TPSA) is 130 Å². The molecular formula is C13H16N2O5. The summed E-state index contributed by atoms with van der Waals surface area (Å²) in [7, 11) is 0. The van der Waals surface area contributed by atoms with E-state index < -0.39 is 30.3 Å². The number of carboxylic acids is 2. The second-order valence-electron chi connectivity index (χ2n) is 4.21. The van der Waals surface area contributed by atoms with Gasteiger partial charge < -0.3 is 21.3 Å². The summed E-state index contributed by atoms with van der Waals surface area (Å²) in [5.74, 6) is -2.75. The molecule has 0 saturated carbocycles. The van der Waals surface area contributed by atoms with Crippen molar-refractivity contribution in [3.05, 3.63) is 35.4 Å². The Morgan fingerprint density at radius 3 is 2.45 bits per heavy atom. The van der Waals surface area contributed by atoms with E-state index in [0.29, 0.717) is 12.0 Å². The zero-order chi connectivity index (χ0) is 15.1. The summed E-state index contributed by atoms with van der Waals surface area (Å²) in [6.45, 7) is 0.191. The number of nitrogens with one attached hydrogen (secondary N) is 1. The highest BCUT2D eigenvalue weighted by atomic mass is 16.4. The molecule has 0 radical (unpaired) electrons. The Balaban J connectivity index is 2.51.